The monoisotopic (exact) mass is 679 g/mol. The molecule has 8 aromatic carbocycles. The van der Waals surface area contributed by atoms with Gasteiger partial charge in [0.05, 0.1) is 0 Å². The van der Waals surface area contributed by atoms with Crippen LogP contribution in [-0.2, 0) is 5.41 Å². The first-order valence-electron chi connectivity index (χ1n) is 17.6. The van der Waals surface area contributed by atoms with Gasteiger partial charge in [-0.1, -0.05) is 164 Å². The fourth-order valence-corrected chi connectivity index (χ4v) is 9.74. The van der Waals surface area contributed by atoms with Gasteiger partial charge in [0.1, 0.15) is 5.41 Å². The average molecular weight is 680 g/mol. The first-order valence-corrected chi connectivity index (χ1v) is 18.4. The van der Waals surface area contributed by atoms with Crippen LogP contribution in [0.5, 0.6) is 0 Å². The number of benzene rings is 8. The summed E-state index contributed by atoms with van der Waals surface area (Å²) in [7, 11) is 0. The van der Waals surface area contributed by atoms with Crippen molar-refractivity contribution in [3.8, 4) is 33.9 Å². The molecule has 0 amide bonds. The molecule has 0 bridgehead atoms. The smallest absolute Gasteiger partial charge is 0.165 e. The van der Waals surface area contributed by atoms with Gasteiger partial charge in [-0.2, -0.15) is 0 Å². The van der Waals surface area contributed by atoms with Crippen LogP contribution in [-0.4, -0.2) is 15.0 Å². The van der Waals surface area contributed by atoms with Gasteiger partial charge in [0.15, 0.2) is 17.5 Å². The minimum Gasteiger partial charge on any atom is -0.211 e. The van der Waals surface area contributed by atoms with Crippen molar-refractivity contribution in [2.75, 3.05) is 0 Å². The highest BCUT2D eigenvalue weighted by Gasteiger charge is 2.50. The predicted octanol–water partition coefficient (Wildman–Crippen LogP) is 12.2. The first-order chi connectivity index (χ1) is 25.8. The van der Waals surface area contributed by atoms with Crippen molar-refractivity contribution < 1.29 is 0 Å². The lowest BCUT2D eigenvalue weighted by atomic mass is 9.71. The second kappa shape index (κ2) is 11.3. The van der Waals surface area contributed by atoms with Crippen LogP contribution >= 0.6 is 11.3 Å². The van der Waals surface area contributed by atoms with Gasteiger partial charge < -0.3 is 0 Å². The molecule has 0 radical (unpaired) electrons. The molecule has 4 heteroatoms. The minimum absolute atomic E-state index is 0.658. The number of nitrogens with zero attached hydrogens (tertiary/aromatic N) is 3. The molecule has 3 nitrogen and oxygen atoms in total. The number of thiophene rings is 1. The summed E-state index contributed by atoms with van der Waals surface area (Å²) in [6.07, 6.45) is 0. The molecule has 242 valence electrons. The van der Waals surface area contributed by atoms with Crippen LogP contribution in [0.25, 0.3) is 75.6 Å². The Balaban J connectivity index is 1.32. The number of rotatable bonds is 4. The average Bonchev–Trinajstić information content (AvgIpc) is 3.76. The second-order valence-electron chi connectivity index (χ2n) is 13.5. The molecule has 0 N–H and O–H groups in total. The van der Waals surface area contributed by atoms with Gasteiger partial charge in [0.25, 0.3) is 0 Å². The lowest BCUT2D eigenvalue weighted by Crippen LogP contribution is -2.31. The predicted molar refractivity (Wildman–Crippen MR) is 216 cm³/mol. The molecule has 2 aromatic heterocycles. The Hall–Kier alpha value is -6.49. The van der Waals surface area contributed by atoms with E-state index in [-0.39, 0.29) is 0 Å². The summed E-state index contributed by atoms with van der Waals surface area (Å²) in [5.41, 5.74) is 7.10. The Kier molecular flexibility index (Phi) is 6.34. The van der Waals surface area contributed by atoms with Gasteiger partial charge >= 0.3 is 0 Å². The lowest BCUT2D eigenvalue weighted by molar-refractivity contribution is 0.693. The molecular weight excluding hydrogens is 651 g/mol. The summed E-state index contributed by atoms with van der Waals surface area (Å²) in [5.74, 6) is 2.05. The van der Waals surface area contributed by atoms with E-state index < -0.39 is 5.41 Å². The van der Waals surface area contributed by atoms with Crippen LogP contribution in [0.2, 0.25) is 0 Å². The van der Waals surface area contributed by atoms with Crippen molar-refractivity contribution in [3.63, 3.8) is 0 Å². The Bertz CT molecular complexity index is 2940. The van der Waals surface area contributed by atoms with Crippen LogP contribution < -0.4 is 0 Å². The van der Waals surface area contributed by atoms with Gasteiger partial charge in [-0.3, -0.25) is 0 Å². The van der Waals surface area contributed by atoms with E-state index in [4.69, 9.17) is 15.0 Å². The normalized spacial score (nSPS) is 13.2. The third-order valence-electron chi connectivity index (χ3n) is 10.8. The molecule has 0 aliphatic heterocycles. The molecule has 1 aliphatic carbocycles. The largest absolute Gasteiger partial charge is 0.211 e. The fraction of sp³-hybridized carbons (Fsp3) is 0.0208. The van der Waals surface area contributed by atoms with E-state index in [1.54, 1.807) is 11.3 Å². The summed E-state index contributed by atoms with van der Waals surface area (Å²) in [6, 6.07) is 62.9. The molecule has 1 aliphatic rings. The highest BCUT2D eigenvalue weighted by molar-refractivity contribution is 7.26. The standard InChI is InChI=1S/C48H29N3S/c1-3-16-32(17-4-1)45-49-46(38-24-13-23-37-36-22-11-12-25-41(36)52-44(37)38)51-47(50-45)48(33-18-5-2-6-19-33)39-28-26-30-14-7-9-20-34(30)42(39)43-35-21-10-8-15-31(35)27-29-40(43)48/h1-29H. The molecule has 0 spiro atoms. The zero-order chi connectivity index (χ0) is 34.2. The molecule has 0 unspecified atom stereocenters. The van der Waals surface area contributed by atoms with E-state index in [1.807, 2.05) is 6.07 Å². The van der Waals surface area contributed by atoms with Crippen molar-refractivity contribution in [3.05, 3.63) is 198 Å². The maximum atomic E-state index is 5.62. The SMILES string of the molecule is c1ccc(-c2nc(-c3cccc4c3sc3ccccc34)nc(C3(c4ccccc4)c4ccc5ccccc5c4-c4c3ccc3ccccc43)n2)cc1. The van der Waals surface area contributed by atoms with E-state index in [0.29, 0.717) is 17.5 Å². The van der Waals surface area contributed by atoms with Gasteiger partial charge in [-0.25, -0.2) is 15.0 Å². The van der Waals surface area contributed by atoms with Crippen LogP contribution in [0.4, 0.5) is 0 Å². The molecule has 52 heavy (non-hydrogen) atoms. The summed E-state index contributed by atoms with van der Waals surface area (Å²) < 4.78 is 2.43. The molecule has 2 heterocycles. The Morgan fingerprint density at radius 2 is 0.962 bits per heavy atom. The van der Waals surface area contributed by atoms with Crippen molar-refractivity contribution >= 4 is 53.1 Å². The molecular formula is C48H29N3S. The topological polar surface area (TPSA) is 38.7 Å². The zero-order valence-electron chi connectivity index (χ0n) is 28.0. The minimum atomic E-state index is -0.824. The van der Waals surface area contributed by atoms with Gasteiger partial charge in [0, 0.05) is 31.3 Å². The zero-order valence-corrected chi connectivity index (χ0v) is 28.8. The number of hydrogen-bond acceptors (Lipinski definition) is 4. The summed E-state index contributed by atoms with van der Waals surface area (Å²) in [6.45, 7) is 0. The maximum Gasteiger partial charge on any atom is 0.165 e. The Morgan fingerprint density at radius 1 is 0.404 bits per heavy atom. The van der Waals surface area contributed by atoms with Crippen molar-refractivity contribution in [2.24, 2.45) is 0 Å². The van der Waals surface area contributed by atoms with Crippen LogP contribution in [0.15, 0.2) is 176 Å². The summed E-state index contributed by atoms with van der Waals surface area (Å²) in [5, 5.41) is 7.34. The molecule has 11 rings (SSSR count). The van der Waals surface area contributed by atoms with Gasteiger partial charge in [-0.15, -0.1) is 11.3 Å². The second-order valence-corrected chi connectivity index (χ2v) is 14.5. The molecule has 10 aromatic rings. The Morgan fingerprint density at radius 3 is 1.65 bits per heavy atom. The van der Waals surface area contributed by atoms with Crippen LogP contribution in [0, 0.1) is 0 Å². The van der Waals surface area contributed by atoms with E-state index in [0.717, 1.165) is 16.7 Å². The highest BCUT2D eigenvalue weighted by atomic mass is 32.1. The summed E-state index contributed by atoms with van der Waals surface area (Å²) >= 11 is 1.80. The van der Waals surface area contributed by atoms with Crippen LogP contribution in [0.1, 0.15) is 22.5 Å². The van der Waals surface area contributed by atoms with E-state index in [2.05, 4.69) is 170 Å². The fourth-order valence-electron chi connectivity index (χ4n) is 8.52. The number of hydrogen-bond donors (Lipinski definition) is 0. The van der Waals surface area contributed by atoms with Gasteiger partial charge in [-0.05, 0) is 61.5 Å². The third-order valence-corrected chi connectivity index (χ3v) is 12.0. The van der Waals surface area contributed by atoms with Crippen LogP contribution in [0.3, 0.4) is 0 Å². The maximum absolute atomic E-state index is 5.62. The van der Waals surface area contributed by atoms with Crippen molar-refractivity contribution in [2.45, 2.75) is 5.41 Å². The third kappa shape index (κ3) is 4.10. The Labute approximate surface area is 304 Å². The van der Waals surface area contributed by atoms with Gasteiger partial charge in [0.2, 0.25) is 0 Å². The highest BCUT2D eigenvalue weighted by Crippen LogP contribution is 2.59. The van der Waals surface area contributed by atoms with E-state index >= 15 is 0 Å². The molecule has 0 fully saturated rings. The van der Waals surface area contributed by atoms with E-state index in [9.17, 15) is 0 Å². The van der Waals surface area contributed by atoms with Crippen molar-refractivity contribution in [1.29, 1.82) is 0 Å². The first kappa shape index (κ1) is 29.3. The van der Waals surface area contributed by atoms with Crippen molar-refractivity contribution in [1.82, 2.24) is 15.0 Å². The molecule has 0 saturated heterocycles. The lowest BCUT2D eigenvalue weighted by Gasteiger charge is -2.32. The molecule has 0 saturated carbocycles. The molecule has 0 atom stereocenters. The number of aromatic nitrogens is 3. The summed E-state index contributed by atoms with van der Waals surface area (Å²) in [4.78, 5) is 16.4. The quantitative estimate of drug-likeness (QED) is 0.186. The number of fused-ring (bicyclic) bond motifs is 10. The van der Waals surface area contributed by atoms with E-state index in [1.165, 1.54) is 64.0 Å².